The fourth-order valence-electron chi connectivity index (χ4n) is 1.92. The number of nitrogens with zero attached hydrogens (tertiary/aromatic N) is 1. The molecule has 2 rings (SSSR count). The van der Waals surface area contributed by atoms with Gasteiger partial charge < -0.3 is 10.6 Å². The second-order valence-corrected chi connectivity index (χ2v) is 5.26. The molecule has 2 aromatic carbocycles. The highest BCUT2D eigenvalue weighted by molar-refractivity contribution is 6.30. The van der Waals surface area contributed by atoms with Gasteiger partial charge in [-0.1, -0.05) is 41.9 Å². The Kier molecular flexibility index (Phi) is 6.22. The standard InChI is InChI=1S/C18H16ClN3O/c19-16-6-8-17(9-7-16)22-18(23)15(12-20)13-21-11-10-14-4-2-1-3-5-14/h1-9,13,21H,10-11H2,(H,22,23)/b15-13-. The molecule has 0 saturated carbocycles. The fraction of sp³-hybridized carbons (Fsp3) is 0.111. The largest absolute Gasteiger partial charge is 0.389 e. The van der Waals surface area contributed by atoms with E-state index in [4.69, 9.17) is 16.9 Å². The van der Waals surface area contributed by atoms with Gasteiger partial charge in [0.15, 0.2) is 0 Å². The lowest BCUT2D eigenvalue weighted by molar-refractivity contribution is -0.112. The molecule has 0 atom stereocenters. The van der Waals surface area contributed by atoms with Crippen molar-refractivity contribution in [3.63, 3.8) is 0 Å². The van der Waals surface area contributed by atoms with Crippen molar-refractivity contribution >= 4 is 23.2 Å². The SMILES string of the molecule is N#C/C(=C/NCCc1ccccc1)C(=O)Nc1ccc(Cl)cc1. The smallest absolute Gasteiger partial charge is 0.267 e. The fourth-order valence-corrected chi connectivity index (χ4v) is 2.04. The molecule has 2 N–H and O–H groups in total. The van der Waals surface area contributed by atoms with Crippen molar-refractivity contribution in [1.82, 2.24) is 5.32 Å². The molecule has 5 heteroatoms. The highest BCUT2D eigenvalue weighted by atomic mass is 35.5. The summed E-state index contributed by atoms with van der Waals surface area (Å²) >= 11 is 5.79. The minimum absolute atomic E-state index is 0.0213. The zero-order chi connectivity index (χ0) is 16.5. The first kappa shape index (κ1) is 16.6. The highest BCUT2D eigenvalue weighted by Crippen LogP contribution is 2.14. The number of hydrogen-bond donors (Lipinski definition) is 2. The normalized spacial score (nSPS) is 10.7. The Hall–Kier alpha value is -2.77. The lowest BCUT2D eigenvalue weighted by atomic mass is 10.1. The number of benzene rings is 2. The van der Waals surface area contributed by atoms with Gasteiger partial charge in [0.25, 0.3) is 5.91 Å². The molecule has 116 valence electrons. The van der Waals surface area contributed by atoms with Gasteiger partial charge in [-0.15, -0.1) is 0 Å². The molecule has 0 spiro atoms. The highest BCUT2D eigenvalue weighted by Gasteiger charge is 2.08. The summed E-state index contributed by atoms with van der Waals surface area (Å²) in [5.41, 5.74) is 1.80. The van der Waals surface area contributed by atoms with Crippen LogP contribution in [0.5, 0.6) is 0 Å². The van der Waals surface area contributed by atoms with Gasteiger partial charge in [-0.25, -0.2) is 0 Å². The van der Waals surface area contributed by atoms with E-state index in [-0.39, 0.29) is 5.57 Å². The van der Waals surface area contributed by atoms with Crippen LogP contribution in [-0.2, 0) is 11.2 Å². The third kappa shape index (κ3) is 5.50. The number of carbonyl (C=O) groups excluding carboxylic acids is 1. The van der Waals surface area contributed by atoms with E-state index in [0.29, 0.717) is 17.3 Å². The van der Waals surface area contributed by atoms with Crippen LogP contribution < -0.4 is 10.6 Å². The number of carbonyl (C=O) groups is 1. The predicted molar refractivity (Wildman–Crippen MR) is 91.9 cm³/mol. The van der Waals surface area contributed by atoms with Crippen LogP contribution in [0.4, 0.5) is 5.69 Å². The average molecular weight is 326 g/mol. The molecule has 4 nitrogen and oxygen atoms in total. The van der Waals surface area contributed by atoms with E-state index in [1.54, 1.807) is 24.3 Å². The molecule has 0 aromatic heterocycles. The molecule has 0 bridgehead atoms. The first-order valence-corrected chi connectivity index (χ1v) is 7.51. The predicted octanol–water partition coefficient (Wildman–Crippen LogP) is 3.52. The number of nitriles is 1. The summed E-state index contributed by atoms with van der Waals surface area (Å²) < 4.78 is 0. The van der Waals surface area contributed by atoms with Crippen molar-refractivity contribution in [2.24, 2.45) is 0 Å². The van der Waals surface area contributed by atoms with Crippen molar-refractivity contribution in [2.75, 3.05) is 11.9 Å². The van der Waals surface area contributed by atoms with Crippen LogP contribution in [0, 0.1) is 11.3 Å². The van der Waals surface area contributed by atoms with Crippen molar-refractivity contribution in [2.45, 2.75) is 6.42 Å². The average Bonchev–Trinajstić information content (AvgIpc) is 2.58. The van der Waals surface area contributed by atoms with Gasteiger partial charge in [-0.05, 0) is 36.2 Å². The van der Waals surface area contributed by atoms with Gasteiger partial charge in [0, 0.05) is 23.5 Å². The molecule has 0 saturated heterocycles. The first-order chi connectivity index (χ1) is 11.2. The minimum Gasteiger partial charge on any atom is -0.389 e. The number of amides is 1. The molecule has 1 amide bonds. The summed E-state index contributed by atoms with van der Waals surface area (Å²) in [7, 11) is 0. The lowest BCUT2D eigenvalue weighted by Gasteiger charge is -2.05. The first-order valence-electron chi connectivity index (χ1n) is 7.13. The second-order valence-electron chi connectivity index (χ2n) is 4.82. The minimum atomic E-state index is -0.456. The monoisotopic (exact) mass is 325 g/mol. The van der Waals surface area contributed by atoms with Crippen LogP contribution in [0.15, 0.2) is 66.4 Å². The van der Waals surface area contributed by atoms with Crippen molar-refractivity contribution in [3.8, 4) is 6.07 Å². The third-order valence-electron chi connectivity index (χ3n) is 3.11. The zero-order valence-corrected chi connectivity index (χ0v) is 13.2. The quantitative estimate of drug-likeness (QED) is 0.485. The Labute approximate surface area is 140 Å². The molecule has 0 unspecified atom stereocenters. The van der Waals surface area contributed by atoms with Crippen LogP contribution in [0.25, 0.3) is 0 Å². The van der Waals surface area contributed by atoms with Crippen LogP contribution in [0.1, 0.15) is 5.56 Å². The zero-order valence-electron chi connectivity index (χ0n) is 12.4. The van der Waals surface area contributed by atoms with Gasteiger partial charge in [-0.3, -0.25) is 4.79 Å². The topological polar surface area (TPSA) is 64.9 Å². The van der Waals surface area contributed by atoms with Gasteiger partial charge in [0.05, 0.1) is 0 Å². The molecule has 0 fully saturated rings. The summed E-state index contributed by atoms with van der Waals surface area (Å²) in [6, 6.07) is 18.6. The Morgan fingerprint density at radius 3 is 2.48 bits per heavy atom. The second kappa shape index (κ2) is 8.62. The molecule has 0 aliphatic heterocycles. The van der Waals surface area contributed by atoms with E-state index >= 15 is 0 Å². The van der Waals surface area contributed by atoms with E-state index < -0.39 is 5.91 Å². The van der Waals surface area contributed by atoms with Crippen LogP contribution >= 0.6 is 11.6 Å². The Morgan fingerprint density at radius 2 is 1.83 bits per heavy atom. The van der Waals surface area contributed by atoms with Gasteiger partial charge >= 0.3 is 0 Å². The summed E-state index contributed by atoms with van der Waals surface area (Å²) in [5, 5.41) is 15.3. The van der Waals surface area contributed by atoms with Crippen LogP contribution in [-0.4, -0.2) is 12.5 Å². The van der Waals surface area contributed by atoms with Crippen molar-refractivity contribution in [3.05, 3.63) is 77.0 Å². The van der Waals surface area contributed by atoms with Gasteiger partial charge in [0.1, 0.15) is 11.6 Å². The summed E-state index contributed by atoms with van der Waals surface area (Å²) in [6.45, 7) is 0.642. The Balaban J connectivity index is 1.86. The van der Waals surface area contributed by atoms with Crippen LogP contribution in [0.3, 0.4) is 0 Å². The van der Waals surface area contributed by atoms with E-state index in [1.807, 2.05) is 36.4 Å². The maximum absolute atomic E-state index is 12.0. The number of halogens is 1. The molecule has 2 aromatic rings. The number of nitrogens with one attached hydrogen (secondary N) is 2. The molecule has 23 heavy (non-hydrogen) atoms. The maximum atomic E-state index is 12.0. The summed E-state index contributed by atoms with van der Waals surface area (Å²) in [6.07, 6.45) is 2.25. The van der Waals surface area contributed by atoms with Gasteiger partial charge in [0.2, 0.25) is 0 Å². The lowest BCUT2D eigenvalue weighted by Crippen LogP contribution is -2.17. The maximum Gasteiger partial charge on any atom is 0.267 e. The number of anilines is 1. The Morgan fingerprint density at radius 1 is 1.13 bits per heavy atom. The molecule has 0 radical (unpaired) electrons. The Bertz CT molecular complexity index is 718. The van der Waals surface area contributed by atoms with E-state index in [0.717, 1.165) is 6.42 Å². The molecular weight excluding hydrogens is 310 g/mol. The third-order valence-corrected chi connectivity index (χ3v) is 3.37. The number of rotatable bonds is 6. The van der Waals surface area contributed by atoms with Crippen molar-refractivity contribution < 1.29 is 4.79 Å². The molecular formula is C18H16ClN3O. The summed E-state index contributed by atoms with van der Waals surface area (Å²) in [5.74, 6) is -0.456. The summed E-state index contributed by atoms with van der Waals surface area (Å²) in [4.78, 5) is 12.0. The molecule has 0 aliphatic rings. The van der Waals surface area contributed by atoms with Gasteiger partial charge in [-0.2, -0.15) is 5.26 Å². The molecule has 0 heterocycles. The van der Waals surface area contributed by atoms with Crippen LogP contribution in [0.2, 0.25) is 5.02 Å². The van der Waals surface area contributed by atoms with Crippen molar-refractivity contribution in [1.29, 1.82) is 5.26 Å². The molecule has 0 aliphatic carbocycles. The van der Waals surface area contributed by atoms with E-state index in [2.05, 4.69) is 10.6 Å². The van der Waals surface area contributed by atoms with E-state index in [1.165, 1.54) is 11.8 Å². The van der Waals surface area contributed by atoms with E-state index in [9.17, 15) is 4.79 Å². The number of hydrogen-bond acceptors (Lipinski definition) is 3.